The molecule has 0 spiro atoms. The second-order valence-corrected chi connectivity index (χ2v) is 5.87. The lowest BCUT2D eigenvalue weighted by Gasteiger charge is -2.20. The molecule has 2 aromatic rings. The third kappa shape index (κ3) is 3.95. The first-order valence-electron chi connectivity index (χ1n) is 7.70. The summed E-state index contributed by atoms with van der Waals surface area (Å²) in [5, 5.41) is 3.02. The molecule has 0 aromatic heterocycles. The van der Waals surface area contributed by atoms with E-state index in [1.165, 1.54) is 11.1 Å². The van der Waals surface area contributed by atoms with Gasteiger partial charge in [0.1, 0.15) is 0 Å². The average Bonchev–Trinajstić information content (AvgIpc) is 2.54. The van der Waals surface area contributed by atoms with Gasteiger partial charge in [0.05, 0.1) is 6.04 Å². The van der Waals surface area contributed by atoms with Gasteiger partial charge in [-0.25, -0.2) is 0 Å². The van der Waals surface area contributed by atoms with E-state index in [-0.39, 0.29) is 23.9 Å². The number of carbonyl (C=O) groups is 1. The predicted octanol–water partition coefficient (Wildman–Crippen LogP) is 3.51. The smallest absolute Gasteiger partial charge is 0.224 e. The quantitative estimate of drug-likeness (QED) is 0.887. The second-order valence-electron chi connectivity index (χ2n) is 5.87. The van der Waals surface area contributed by atoms with Gasteiger partial charge in [-0.3, -0.25) is 4.79 Å². The maximum absolute atomic E-state index is 12.1. The summed E-state index contributed by atoms with van der Waals surface area (Å²) in [5.41, 5.74) is 9.23. The van der Waals surface area contributed by atoms with E-state index in [1.54, 1.807) is 0 Å². The van der Waals surface area contributed by atoms with E-state index in [1.807, 2.05) is 39.0 Å². The first-order chi connectivity index (χ1) is 10.5. The Kier molecular flexibility index (Phi) is 5.34. The number of nitrogens with two attached hydrogens (primary N) is 1. The van der Waals surface area contributed by atoms with Crippen molar-refractivity contribution < 1.29 is 4.79 Å². The van der Waals surface area contributed by atoms with Crippen LogP contribution in [-0.2, 0) is 4.79 Å². The van der Waals surface area contributed by atoms with Crippen molar-refractivity contribution in [3.8, 4) is 11.1 Å². The van der Waals surface area contributed by atoms with Gasteiger partial charge in [0, 0.05) is 12.0 Å². The van der Waals surface area contributed by atoms with Crippen LogP contribution < -0.4 is 11.1 Å². The highest BCUT2D eigenvalue weighted by molar-refractivity contribution is 5.79. The normalized spacial score (nSPS) is 14.9. The van der Waals surface area contributed by atoms with Crippen molar-refractivity contribution in [1.29, 1.82) is 0 Å². The van der Waals surface area contributed by atoms with Gasteiger partial charge in [-0.05, 0) is 30.5 Å². The SMILES string of the molecule is CC(NC(=O)C(C)C(C)N)c1ccc(-c2ccccc2)cc1. The molecular weight excluding hydrogens is 272 g/mol. The summed E-state index contributed by atoms with van der Waals surface area (Å²) in [4.78, 5) is 12.1. The van der Waals surface area contributed by atoms with Crippen LogP contribution in [-0.4, -0.2) is 11.9 Å². The number of carbonyl (C=O) groups excluding carboxylic acids is 1. The molecule has 116 valence electrons. The van der Waals surface area contributed by atoms with Crippen LogP contribution in [0.5, 0.6) is 0 Å². The van der Waals surface area contributed by atoms with Crippen LogP contribution in [0.25, 0.3) is 11.1 Å². The number of benzene rings is 2. The molecule has 0 heterocycles. The third-order valence-corrected chi connectivity index (χ3v) is 4.08. The van der Waals surface area contributed by atoms with Gasteiger partial charge in [0.25, 0.3) is 0 Å². The van der Waals surface area contributed by atoms with E-state index >= 15 is 0 Å². The van der Waals surface area contributed by atoms with Gasteiger partial charge in [-0.15, -0.1) is 0 Å². The van der Waals surface area contributed by atoms with E-state index in [2.05, 4.69) is 41.7 Å². The summed E-state index contributed by atoms with van der Waals surface area (Å²) in [5.74, 6) is -0.194. The molecule has 2 aromatic carbocycles. The predicted molar refractivity (Wildman–Crippen MR) is 91.2 cm³/mol. The zero-order valence-corrected chi connectivity index (χ0v) is 13.4. The van der Waals surface area contributed by atoms with E-state index in [4.69, 9.17) is 5.73 Å². The Morgan fingerprint density at radius 2 is 1.45 bits per heavy atom. The minimum Gasteiger partial charge on any atom is -0.349 e. The minimum absolute atomic E-state index is 0.00497. The van der Waals surface area contributed by atoms with Gasteiger partial charge in [-0.1, -0.05) is 61.5 Å². The van der Waals surface area contributed by atoms with Crippen LogP contribution in [0, 0.1) is 5.92 Å². The van der Waals surface area contributed by atoms with Crippen molar-refractivity contribution >= 4 is 5.91 Å². The van der Waals surface area contributed by atoms with Crippen LogP contribution in [0.1, 0.15) is 32.4 Å². The maximum atomic E-state index is 12.1. The zero-order valence-electron chi connectivity index (χ0n) is 13.4. The van der Waals surface area contributed by atoms with Gasteiger partial charge in [0.15, 0.2) is 0 Å². The summed E-state index contributed by atoms with van der Waals surface area (Å²) in [6, 6.07) is 18.4. The van der Waals surface area contributed by atoms with Crippen molar-refractivity contribution in [2.45, 2.75) is 32.9 Å². The third-order valence-electron chi connectivity index (χ3n) is 4.08. The van der Waals surface area contributed by atoms with Gasteiger partial charge in [0.2, 0.25) is 5.91 Å². The Labute approximate surface area is 132 Å². The molecule has 0 saturated heterocycles. The van der Waals surface area contributed by atoms with Crippen LogP contribution >= 0.6 is 0 Å². The van der Waals surface area contributed by atoms with Crippen molar-refractivity contribution in [3.63, 3.8) is 0 Å². The van der Waals surface area contributed by atoms with Crippen molar-refractivity contribution in [2.24, 2.45) is 11.7 Å². The van der Waals surface area contributed by atoms with Crippen LogP contribution in [0.15, 0.2) is 54.6 Å². The van der Waals surface area contributed by atoms with Gasteiger partial charge >= 0.3 is 0 Å². The highest BCUT2D eigenvalue weighted by atomic mass is 16.1. The summed E-state index contributed by atoms with van der Waals surface area (Å²) in [6.45, 7) is 5.69. The number of amides is 1. The van der Waals surface area contributed by atoms with Crippen molar-refractivity contribution in [1.82, 2.24) is 5.32 Å². The first kappa shape index (κ1) is 16.2. The molecule has 0 bridgehead atoms. The molecular formula is C19H24N2O. The van der Waals surface area contributed by atoms with Crippen molar-refractivity contribution in [2.75, 3.05) is 0 Å². The molecule has 0 aliphatic heterocycles. The van der Waals surface area contributed by atoms with E-state index < -0.39 is 0 Å². The summed E-state index contributed by atoms with van der Waals surface area (Å²) < 4.78 is 0. The summed E-state index contributed by atoms with van der Waals surface area (Å²) in [7, 11) is 0. The number of rotatable bonds is 5. The molecule has 0 aliphatic carbocycles. The maximum Gasteiger partial charge on any atom is 0.224 e. The summed E-state index contributed by atoms with van der Waals surface area (Å²) >= 11 is 0. The number of hydrogen-bond donors (Lipinski definition) is 2. The molecule has 0 aliphatic rings. The fraction of sp³-hybridized carbons (Fsp3) is 0.316. The molecule has 3 heteroatoms. The highest BCUT2D eigenvalue weighted by Crippen LogP contribution is 2.22. The molecule has 3 N–H and O–H groups in total. The van der Waals surface area contributed by atoms with E-state index in [0.29, 0.717) is 0 Å². The Morgan fingerprint density at radius 3 is 2.00 bits per heavy atom. The second kappa shape index (κ2) is 7.23. The Bertz CT molecular complexity index is 605. The lowest BCUT2D eigenvalue weighted by Crippen LogP contribution is -2.39. The molecule has 1 amide bonds. The molecule has 0 fully saturated rings. The van der Waals surface area contributed by atoms with E-state index in [0.717, 1.165) is 5.56 Å². The Morgan fingerprint density at radius 1 is 0.909 bits per heavy atom. The molecule has 0 saturated carbocycles. The lowest BCUT2D eigenvalue weighted by atomic mass is 10.00. The monoisotopic (exact) mass is 296 g/mol. The van der Waals surface area contributed by atoms with Crippen molar-refractivity contribution in [3.05, 3.63) is 60.2 Å². The summed E-state index contributed by atoms with van der Waals surface area (Å²) in [6.07, 6.45) is 0. The van der Waals surface area contributed by atoms with Crippen LogP contribution in [0.2, 0.25) is 0 Å². The molecule has 3 atom stereocenters. The molecule has 22 heavy (non-hydrogen) atoms. The number of nitrogens with one attached hydrogen (secondary N) is 1. The standard InChI is InChI=1S/C19H24N2O/c1-13(14(2)20)19(22)21-15(3)16-9-11-18(12-10-16)17-7-5-4-6-8-17/h4-15H,20H2,1-3H3,(H,21,22). The molecule has 2 rings (SSSR count). The fourth-order valence-corrected chi connectivity index (χ4v) is 2.26. The van der Waals surface area contributed by atoms with Gasteiger partial charge < -0.3 is 11.1 Å². The number of hydrogen-bond acceptors (Lipinski definition) is 2. The van der Waals surface area contributed by atoms with Crippen LogP contribution in [0.3, 0.4) is 0 Å². The first-order valence-corrected chi connectivity index (χ1v) is 7.70. The minimum atomic E-state index is -0.189. The van der Waals surface area contributed by atoms with Gasteiger partial charge in [-0.2, -0.15) is 0 Å². The van der Waals surface area contributed by atoms with Crippen LogP contribution in [0.4, 0.5) is 0 Å². The molecule has 0 radical (unpaired) electrons. The largest absolute Gasteiger partial charge is 0.349 e. The zero-order chi connectivity index (χ0) is 16.1. The topological polar surface area (TPSA) is 55.1 Å². The Balaban J connectivity index is 2.05. The highest BCUT2D eigenvalue weighted by Gasteiger charge is 2.19. The van der Waals surface area contributed by atoms with E-state index in [9.17, 15) is 4.79 Å². The fourth-order valence-electron chi connectivity index (χ4n) is 2.26. The Hall–Kier alpha value is -2.13. The average molecular weight is 296 g/mol. The lowest BCUT2D eigenvalue weighted by molar-refractivity contribution is -0.125. The molecule has 3 unspecified atom stereocenters. The molecule has 3 nitrogen and oxygen atoms in total.